The maximum absolute atomic E-state index is 10.2. The predicted molar refractivity (Wildman–Crippen MR) is 70.8 cm³/mol. The highest BCUT2D eigenvalue weighted by Gasteiger charge is 2.20. The molecule has 0 saturated heterocycles. The number of nitrogens with zero attached hydrogens (tertiary/aromatic N) is 1. The summed E-state index contributed by atoms with van der Waals surface area (Å²) in [6.45, 7) is 0. The number of anilines is 1. The lowest BCUT2D eigenvalue weighted by Gasteiger charge is -2.15. The van der Waals surface area contributed by atoms with Gasteiger partial charge in [0.1, 0.15) is 17.7 Å². The SMILES string of the molecule is Nc1cc([C@@H](O)c2c(O)ccc(Cl)c2Cl)ccn1. The van der Waals surface area contributed by atoms with Crippen molar-refractivity contribution in [3.05, 3.63) is 51.6 Å². The minimum atomic E-state index is -1.12. The average Bonchev–Trinajstić information content (AvgIpc) is 2.34. The molecule has 0 bridgehead atoms. The summed E-state index contributed by atoms with van der Waals surface area (Å²) in [6, 6.07) is 5.91. The van der Waals surface area contributed by atoms with Crippen molar-refractivity contribution in [3.63, 3.8) is 0 Å². The zero-order chi connectivity index (χ0) is 13.3. The molecule has 1 heterocycles. The van der Waals surface area contributed by atoms with Gasteiger partial charge in [-0.3, -0.25) is 0 Å². The van der Waals surface area contributed by atoms with Crippen LogP contribution < -0.4 is 5.73 Å². The number of halogens is 2. The van der Waals surface area contributed by atoms with Crippen LogP contribution in [0.3, 0.4) is 0 Å². The molecule has 2 rings (SSSR count). The van der Waals surface area contributed by atoms with Crippen molar-refractivity contribution in [2.24, 2.45) is 0 Å². The molecule has 4 N–H and O–H groups in total. The van der Waals surface area contributed by atoms with Gasteiger partial charge in [0.05, 0.1) is 10.0 Å². The highest BCUT2D eigenvalue weighted by Crippen LogP contribution is 2.39. The zero-order valence-corrected chi connectivity index (χ0v) is 10.7. The fourth-order valence-corrected chi connectivity index (χ4v) is 2.05. The first-order chi connectivity index (χ1) is 8.50. The predicted octanol–water partition coefficient (Wildman–Crippen LogP) is 2.76. The first-order valence-electron chi connectivity index (χ1n) is 5.07. The van der Waals surface area contributed by atoms with E-state index in [0.717, 1.165) is 0 Å². The van der Waals surface area contributed by atoms with Gasteiger partial charge in [0, 0.05) is 11.8 Å². The third-order valence-corrected chi connectivity index (χ3v) is 3.32. The molecule has 0 radical (unpaired) electrons. The van der Waals surface area contributed by atoms with Crippen LogP contribution in [0.5, 0.6) is 5.75 Å². The smallest absolute Gasteiger partial charge is 0.123 e. The summed E-state index contributed by atoms with van der Waals surface area (Å²) in [5.74, 6) is 0.136. The molecule has 0 aliphatic heterocycles. The summed E-state index contributed by atoms with van der Waals surface area (Å²) in [4.78, 5) is 3.82. The lowest BCUT2D eigenvalue weighted by atomic mass is 10.0. The van der Waals surface area contributed by atoms with Crippen molar-refractivity contribution < 1.29 is 10.2 Å². The number of aliphatic hydroxyl groups is 1. The Balaban J connectivity index is 2.52. The second-order valence-electron chi connectivity index (χ2n) is 3.71. The number of nitrogen functional groups attached to an aromatic ring is 1. The number of hydrogen-bond donors (Lipinski definition) is 3. The number of phenols is 1. The molecule has 0 fully saturated rings. The van der Waals surface area contributed by atoms with Gasteiger partial charge in [0.25, 0.3) is 0 Å². The molecule has 1 aromatic heterocycles. The van der Waals surface area contributed by atoms with E-state index < -0.39 is 6.10 Å². The Morgan fingerprint density at radius 2 is 1.94 bits per heavy atom. The largest absolute Gasteiger partial charge is 0.508 e. The van der Waals surface area contributed by atoms with E-state index in [9.17, 15) is 10.2 Å². The van der Waals surface area contributed by atoms with Crippen molar-refractivity contribution >= 4 is 29.0 Å². The number of aromatic hydroxyl groups is 1. The second-order valence-corrected chi connectivity index (χ2v) is 4.50. The van der Waals surface area contributed by atoms with Gasteiger partial charge in [-0.15, -0.1) is 0 Å². The lowest BCUT2D eigenvalue weighted by molar-refractivity contribution is 0.215. The molecule has 0 amide bonds. The zero-order valence-electron chi connectivity index (χ0n) is 9.14. The molecular formula is C12H10Cl2N2O2. The standard InChI is InChI=1S/C12H10Cl2N2O2/c13-7-1-2-8(17)10(11(7)14)12(18)6-3-4-16-9(15)5-6/h1-5,12,17-18H,(H2,15,16)/t12-/m1/s1. The molecule has 94 valence electrons. The topological polar surface area (TPSA) is 79.4 Å². The van der Waals surface area contributed by atoms with Gasteiger partial charge in [-0.2, -0.15) is 0 Å². The molecule has 4 nitrogen and oxygen atoms in total. The van der Waals surface area contributed by atoms with E-state index in [1.807, 2.05) is 0 Å². The average molecular weight is 285 g/mol. The van der Waals surface area contributed by atoms with Crippen LogP contribution in [0.1, 0.15) is 17.2 Å². The number of hydrogen-bond acceptors (Lipinski definition) is 4. The lowest BCUT2D eigenvalue weighted by Crippen LogP contribution is -2.03. The molecule has 18 heavy (non-hydrogen) atoms. The van der Waals surface area contributed by atoms with Gasteiger partial charge >= 0.3 is 0 Å². The summed E-state index contributed by atoms with van der Waals surface area (Å²) >= 11 is 11.8. The number of benzene rings is 1. The number of phenolic OH excluding ortho intramolecular Hbond substituents is 1. The monoisotopic (exact) mass is 284 g/mol. The maximum atomic E-state index is 10.2. The van der Waals surface area contributed by atoms with Gasteiger partial charge in [-0.05, 0) is 29.8 Å². The van der Waals surface area contributed by atoms with Crippen LogP contribution >= 0.6 is 23.2 Å². The summed E-state index contributed by atoms with van der Waals surface area (Å²) in [6.07, 6.45) is 0.338. The van der Waals surface area contributed by atoms with Gasteiger partial charge in [0.2, 0.25) is 0 Å². The number of pyridine rings is 1. The molecule has 0 aliphatic rings. The van der Waals surface area contributed by atoms with E-state index in [1.165, 1.54) is 24.4 Å². The Hall–Kier alpha value is -1.49. The van der Waals surface area contributed by atoms with E-state index in [0.29, 0.717) is 5.56 Å². The Morgan fingerprint density at radius 1 is 1.22 bits per heavy atom. The van der Waals surface area contributed by atoms with E-state index in [1.54, 1.807) is 6.07 Å². The molecule has 0 saturated carbocycles. The van der Waals surface area contributed by atoms with Crippen LogP contribution in [0.4, 0.5) is 5.82 Å². The molecule has 6 heteroatoms. The number of rotatable bonds is 2. The number of aromatic nitrogens is 1. The highest BCUT2D eigenvalue weighted by atomic mass is 35.5. The number of aliphatic hydroxyl groups excluding tert-OH is 1. The molecule has 2 aromatic rings. The molecule has 1 atom stereocenters. The van der Waals surface area contributed by atoms with Gasteiger partial charge in [0.15, 0.2) is 0 Å². The van der Waals surface area contributed by atoms with Crippen LogP contribution in [-0.4, -0.2) is 15.2 Å². The maximum Gasteiger partial charge on any atom is 0.123 e. The number of nitrogens with two attached hydrogens (primary N) is 1. The molecule has 0 unspecified atom stereocenters. The van der Waals surface area contributed by atoms with Crippen LogP contribution in [0, 0.1) is 0 Å². The second kappa shape index (κ2) is 5.02. The fraction of sp³-hybridized carbons (Fsp3) is 0.0833. The van der Waals surface area contributed by atoms with Crippen molar-refractivity contribution in [3.8, 4) is 5.75 Å². The van der Waals surface area contributed by atoms with Crippen LogP contribution in [0.25, 0.3) is 0 Å². The van der Waals surface area contributed by atoms with E-state index in [2.05, 4.69) is 4.98 Å². The molecule has 0 aliphatic carbocycles. The van der Waals surface area contributed by atoms with Gasteiger partial charge in [-0.25, -0.2) is 4.98 Å². The van der Waals surface area contributed by atoms with Crippen molar-refractivity contribution in [1.29, 1.82) is 0 Å². The molecule has 0 spiro atoms. The molecule has 1 aromatic carbocycles. The summed E-state index contributed by atoms with van der Waals surface area (Å²) in [5.41, 5.74) is 6.16. The third kappa shape index (κ3) is 2.36. The van der Waals surface area contributed by atoms with Gasteiger partial charge < -0.3 is 15.9 Å². The van der Waals surface area contributed by atoms with Crippen LogP contribution in [0.2, 0.25) is 10.0 Å². The highest BCUT2D eigenvalue weighted by molar-refractivity contribution is 6.42. The fourth-order valence-electron chi connectivity index (χ4n) is 1.62. The Morgan fingerprint density at radius 3 is 2.61 bits per heavy atom. The van der Waals surface area contributed by atoms with E-state index in [4.69, 9.17) is 28.9 Å². The Kier molecular flexibility index (Phi) is 3.61. The minimum Gasteiger partial charge on any atom is -0.508 e. The van der Waals surface area contributed by atoms with Crippen LogP contribution in [0.15, 0.2) is 30.5 Å². The Bertz CT molecular complexity index is 590. The molecular weight excluding hydrogens is 275 g/mol. The van der Waals surface area contributed by atoms with Crippen molar-refractivity contribution in [1.82, 2.24) is 4.98 Å². The summed E-state index contributed by atoms with van der Waals surface area (Å²) in [5, 5.41) is 20.3. The van der Waals surface area contributed by atoms with E-state index in [-0.39, 0.29) is 27.2 Å². The third-order valence-electron chi connectivity index (χ3n) is 2.50. The van der Waals surface area contributed by atoms with Crippen molar-refractivity contribution in [2.75, 3.05) is 5.73 Å². The summed E-state index contributed by atoms with van der Waals surface area (Å²) in [7, 11) is 0. The van der Waals surface area contributed by atoms with E-state index >= 15 is 0 Å². The Labute approximate surface area is 114 Å². The summed E-state index contributed by atoms with van der Waals surface area (Å²) < 4.78 is 0. The quantitative estimate of drug-likeness (QED) is 0.792. The first kappa shape index (κ1) is 13.0. The minimum absolute atomic E-state index is 0.111. The normalized spacial score (nSPS) is 12.4. The first-order valence-corrected chi connectivity index (χ1v) is 5.82. The van der Waals surface area contributed by atoms with Crippen LogP contribution in [-0.2, 0) is 0 Å². The van der Waals surface area contributed by atoms with Crippen molar-refractivity contribution in [2.45, 2.75) is 6.10 Å². The van der Waals surface area contributed by atoms with Gasteiger partial charge in [-0.1, -0.05) is 23.2 Å².